The van der Waals surface area contributed by atoms with Crippen LogP contribution in [-0.4, -0.2) is 57.3 Å². The van der Waals surface area contributed by atoms with Gasteiger partial charge in [0.15, 0.2) is 22.8 Å². The number of hydrogen-bond donors (Lipinski definition) is 3. The van der Waals surface area contributed by atoms with Gasteiger partial charge in [-0.3, -0.25) is 23.7 Å². The van der Waals surface area contributed by atoms with Crippen molar-refractivity contribution in [1.82, 2.24) is 14.6 Å². The Morgan fingerprint density at radius 2 is 2.05 bits per heavy atom. The number of aliphatic hydroxyl groups excluding tert-OH is 1. The van der Waals surface area contributed by atoms with Gasteiger partial charge in [-0.2, -0.15) is 5.09 Å². The number of benzene rings is 1. The summed E-state index contributed by atoms with van der Waals surface area (Å²) in [5, 5.41) is 13.1. The number of nitrogens with one attached hydrogen (secondary N) is 2. The monoisotopic (exact) mass is 555 g/mol. The van der Waals surface area contributed by atoms with Crippen molar-refractivity contribution < 1.29 is 37.4 Å². The maximum atomic E-state index is 15.2. The van der Waals surface area contributed by atoms with E-state index in [4.69, 9.17) is 37.2 Å². The van der Waals surface area contributed by atoms with Gasteiger partial charge in [0.1, 0.15) is 24.5 Å². The molecule has 11 nitrogen and oxygen atoms in total. The Kier molecular flexibility index (Phi) is 9.07. The summed E-state index contributed by atoms with van der Waals surface area (Å²) in [6.07, 6.45) is 0.799. The second-order valence-electron chi connectivity index (χ2n) is 8.46. The third-order valence-corrected chi connectivity index (χ3v) is 7.16. The Balaban J connectivity index is 1.87. The number of carbonyl (C=O) groups excluding carboxylic acids is 1. The third kappa shape index (κ3) is 6.73. The Morgan fingerprint density at radius 3 is 2.65 bits per heavy atom. The molecular formula is C23H27FN3O8PS. The van der Waals surface area contributed by atoms with Crippen LogP contribution in [0.5, 0.6) is 5.75 Å². The van der Waals surface area contributed by atoms with Gasteiger partial charge >= 0.3 is 13.7 Å². The van der Waals surface area contributed by atoms with Crippen LogP contribution in [0.25, 0.3) is 0 Å². The Labute approximate surface area is 217 Å². The molecule has 2 aromatic rings. The summed E-state index contributed by atoms with van der Waals surface area (Å²) in [6.45, 7) is 3.88. The van der Waals surface area contributed by atoms with E-state index in [1.165, 1.54) is 25.3 Å². The topological polar surface area (TPSA) is 141 Å². The number of carbonyl (C=O) groups is 1. The van der Waals surface area contributed by atoms with Crippen molar-refractivity contribution in [3.8, 4) is 18.1 Å². The molecule has 1 aliphatic heterocycles. The van der Waals surface area contributed by atoms with Crippen molar-refractivity contribution in [1.29, 1.82) is 0 Å². The lowest BCUT2D eigenvalue weighted by Crippen LogP contribution is -2.45. The molecule has 1 aromatic heterocycles. The largest absolute Gasteiger partial charge is 0.462 e. The molecule has 0 spiro atoms. The Hall–Kier alpha value is -2.85. The zero-order valence-corrected chi connectivity index (χ0v) is 21.9. The average molecular weight is 556 g/mol. The first-order chi connectivity index (χ1) is 17.4. The average Bonchev–Trinajstić information content (AvgIpc) is 3.08. The number of aliphatic hydroxyl groups is 1. The molecule has 2 heterocycles. The number of ether oxygens (including phenoxy) is 2. The number of H-pyrrole nitrogens is 1. The molecule has 1 saturated heterocycles. The number of hydrogen-bond acceptors (Lipinski definition) is 9. The smallest absolute Gasteiger partial charge is 0.459 e. The highest BCUT2D eigenvalue weighted by Gasteiger charge is 2.56. The first-order valence-electron chi connectivity index (χ1n) is 11.2. The molecule has 0 saturated carbocycles. The van der Waals surface area contributed by atoms with Gasteiger partial charge in [-0.15, -0.1) is 6.42 Å². The summed E-state index contributed by atoms with van der Waals surface area (Å²) in [5.41, 5.74) is -2.65. The van der Waals surface area contributed by atoms with Crippen LogP contribution in [0.3, 0.4) is 0 Å². The summed E-state index contributed by atoms with van der Waals surface area (Å²) < 4.78 is 51.6. The van der Waals surface area contributed by atoms with Crippen molar-refractivity contribution >= 4 is 25.9 Å². The quantitative estimate of drug-likeness (QED) is 0.173. The van der Waals surface area contributed by atoms with E-state index in [9.17, 15) is 19.3 Å². The summed E-state index contributed by atoms with van der Waals surface area (Å²) >= 11 is 5.06. The first kappa shape index (κ1) is 28.7. The van der Waals surface area contributed by atoms with Crippen LogP contribution < -0.4 is 15.2 Å². The minimum absolute atomic E-state index is 0.131. The van der Waals surface area contributed by atoms with Gasteiger partial charge in [-0.1, -0.05) is 24.1 Å². The normalized spacial score (nSPS) is 25.7. The van der Waals surface area contributed by atoms with Gasteiger partial charge in [0.05, 0.1) is 6.10 Å². The van der Waals surface area contributed by atoms with E-state index in [1.54, 1.807) is 32.0 Å². The van der Waals surface area contributed by atoms with Crippen LogP contribution in [0.4, 0.5) is 4.39 Å². The standard InChI is InChI=1S/C23H27FN3O8PS/c1-5-23(19(29)18(24)20(34-23)27-12-11-17(28)25-22(27)37)13-32-36(31,35-16-9-7-6-8-10-16)26-15(4)21(30)33-14(2)3/h1,6-12,14-15,18-20,29H,13H2,2-4H3,(H,26,31)(H,25,28,37)/t15-,18-,19+,20+,23+,36?/m0/s1. The molecule has 3 N–H and O–H groups in total. The fraction of sp³-hybridized carbons (Fsp3) is 0.435. The van der Waals surface area contributed by atoms with E-state index in [-0.39, 0.29) is 10.5 Å². The maximum absolute atomic E-state index is 15.2. The van der Waals surface area contributed by atoms with E-state index in [0.29, 0.717) is 0 Å². The Morgan fingerprint density at radius 1 is 1.38 bits per heavy atom. The fourth-order valence-electron chi connectivity index (χ4n) is 3.40. The molecule has 0 amide bonds. The van der Waals surface area contributed by atoms with E-state index < -0.39 is 62.1 Å². The van der Waals surface area contributed by atoms with Gasteiger partial charge in [-0.05, 0) is 45.1 Å². The van der Waals surface area contributed by atoms with Gasteiger partial charge in [-0.25, -0.2) is 8.96 Å². The summed E-state index contributed by atoms with van der Waals surface area (Å²) in [4.78, 5) is 26.1. The van der Waals surface area contributed by atoms with Crippen LogP contribution in [0, 0.1) is 17.1 Å². The SMILES string of the molecule is C#C[C@]1(COP(=O)(N[C@@H](C)C(=O)OC(C)C)Oc2ccccc2)O[C@@H](n2ccc(=O)[nH]c2=S)[C@@H](F)[C@H]1O. The summed E-state index contributed by atoms with van der Waals surface area (Å²) in [5.74, 6) is 1.58. The number of para-hydroxylation sites is 1. The second-order valence-corrected chi connectivity index (χ2v) is 10.5. The van der Waals surface area contributed by atoms with Crippen molar-refractivity contribution in [2.75, 3.05) is 6.61 Å². The molecule has 1 fully saturated rings. The fourth-order valence-corrected chi connectivity index (χ4v) is 5.18. The van der Waals surface area contributed by atoms with E-state index in [1.807, 2.05) is 0 Å². The molecule has 6 atom stereocenters. The lowest BCUT2D eigenvalue weighted by Gasteiger charge is -2.29. The number of halogens is 1. The lowest BCUT2D eigenvalue weighted by molar-refractivity contribution is -0.149. The molecule has 1 aliphatic rings. The highest BCUT2D eigenvalue weighted by molar-refractivity contribution is 7.71. The predicted octanol–water partition coefficient (Wildman–Crippen LogP) is 2.64. The number of aromatic amines is 1. The van der Waals surface area contributed by atoms with Crippen molar-refractivity contribution in [2.24, 2.45) is 0 Å². The minimum Gasteiger partial charge on any atom is -0.462 e. The van der Waals surface area contributed by atoms with Gasteiger partial charge in [0.2, 0.25) is 0 Å². The molecule has 14 heteroatoms. The second kappa shape index (κ2) is 11.7. The number of esters is 1. The van der Waals surface area contributed by atoms with E-state index >= 15 is 4.39 Å². The number of rotatable bonds is 10. The van der Waals surface area contributed by atoms with Crippen LogP contribution in [0.15, 0.2) is 47.4 Å². The zero-order valence-electron chi connectivity index (χ0n) is 20.2. The van der Waals surface area contributed by atoms with E-state index in [2.05, 4.69) is 16.0 Å². The van der Waals surface area contributed by atoms with Crippen LogP contribution >= 0.6 is 20.0 Å². The minimum atomic E-state index is -4.39. The van der Waals surface area contributed by atoms with Crippen molar-refractivity contribution in [3.05, 3.63) is 57.7 Å². The molecule has 0 aliphatic carbocycles. The van der Waals surface area contributed by atoms with E-state index in [0.717, 1.165) is 10.6 Å². The molecule has 1 unspecified atom stereocenters. The van der Waals surface area contributed by atoms with Crippen molar-refractivity contribution in [2.45, 2.75) is 57.0 Å². The molecule has 0 radical (unpaired) electrons. The number of aromatic nitrogens is 2. The van der Waals surface area contributed by atoms with Crippen molar-refractivity contribution in [3.63, 3.8) is 0 Å². The lowest BCUT2D eigenvalue weighted by atomic mass is 9.98. The van der Waals surface area contributed by atoms with Crippen LogP contribution in [0.2, 0.25) is 0 Å². The zero-order chi connectivity index (χ0) is 27.4. The van der Waals surface area contributed by atoms with Crippen LogP contribution in [-0.2, 0) is 23.4 Å². The van der Waals surface area contributed by atoms with Crippen LogP contribution in [0.1, 0.15) is 27.0 Å². The molecular weight excluding hydrogens is 528 g/mol. The van der Waals surface area contributed by atoms with Gasteiger partial charge in [0.25, 0.3) is 5.56 Å². The highest BCUT2D eigenvalue weighted by Crippen LogP contribution is 2.48. The Bertz CT molecular complexity index is 1310. The molecule has 200 valence electrons. The molecule has 3 rings (SSSR count). The van der Waals surface area contributed by atoms with Gasteiger partial charge < -0.3 is 19.1 Å². The maximum Gasteiger partial charge on any atom is 0.459 e. The number of nitrogens with zero attached hydrogens (tertiary/aromatic N) is 1. The predicted molar refractivity (Wildman–Crippen MR) is 133 cm³/mol. The first-order valence-corrected chi connectivity index (χ1v) is 13.1. The molecule has 1 aromatic carbocycles. The molecule has 37 heavy (non-hydrogen) atoms. The number of alkyl halides is 1. The summed E-state index contributed by atoms with van der Waals surface area (Å²) in [6, 6.07) is 7.89. The summed E-state index contributed by atoms with van der Waals surface area (Å²) in [7, 11) is -4.39. The molecule has 0 bridgehead atoms. The van der Waals surface area contributed by atoms with Gasteiger partial charge in [0, 0.05) is 12.3 Å². The highest BCUT2D eigenvalue weighted by atomic mass is 32.1. The third-order valence-electron chi connectivity index (χ3n) is 5.23. The number of terminal acetylenes is 1.